The summed E-state index contributed by atoms with van der Waals surface area (Å²) in [6, 6.07) is 0. The van der Waals surface area contributed by atoms with Crippen LogP contribution in [-0.4, -0.2) is 43.3 Å². The molecule has 0 aromatic rings. The first kappa shape index (κ1) is 47.8. The number of phosphoric ester groups is 1. The standard InChI is InChI=1S/C41H72NO7P/c1-3-5-7-9-11-13-15-17-19-20-21-22-24-26-28-30-32-34-41(43)49-40(39-48-50(44,45)47-37-35-42)38-46-36-33-31-29-27-25-23-18-16-14-12-10-8-6-4-2/h7,9,13,15,19-20,22,24,28,30,33,36,40H,3-6,8,10-12,14,16-18,21,23,25-27,29,31-32,34-35,37-39,42H2,1-2H3,(H,44,45). The van der Waals surface area contributed by atoms with Crippen molar-refractivity contribution in [1.29, 1.82) is 0 Å². The van der Waals surface area contributed by atoms with Gasteiger partial charge in [0.2, 0.25) is 0 Å². The number of rotatable bonds is 36. The predicted octanol–water partition coefficient (Wildman–Crippen LogP) is 11.5. The summed E-state index contributed by atoms with van der Waals surface area (Å²) in [5, 5.41) is 0. The molecule has 3 N–H and O–H groups in total. The van der Waals surface area contributed by atoms with Crippen LogP contribution in [0.3, 0.4) is 0 Å². The Hall–Kier alpha value is -2.22. The zero-order valence-electron chi connectivity index (χ0n) is 31.6. The van der Waals surface area contributed by atoms with E-state index in [-0.39, 0.29) is 32.8 Å². The van der Waals surface area contributed by atoms with Gasteiger partial charge in [-0.3, -0.25) is 13.8 Å². The number of phosphoric acid groups is 1. The van der Waals surface area contributed by atoms with Gasteiger partial charge in [-0.25, -0.2) is 4.57 Å². The van der Waals surface area contributed by atoms with Crippen molar-refractivity contribution >= 4 is 13.8 Å². The average Bonchev–Trinajstić information content (AvgIpc) is 3.10. The summed E-state index contributed by atoms with van der Waals surface area (Å²) < 4.78 is 33.0. The van der Waals surface area contributed by atoms with Crippen molar-refractivity contribution in [2.24, 2.45) is 5.73 Å². The molecule has 0 aliphatic carbocycles. The van der Waals surface area contributed by atoms with Crippen LogP contribution in [0.25, 0.3) is 0 Å². The summed E-state index contributed by atoms with van der Waals surface area (Å²) in [5.41, 5.74) is 5.34. The van der Waals surface area contributed by atoms with E-state index in [9.17, 15) is 14.3 Å². The van der Waals surface area contributed by atoms with Crippen LogP contribution in [0.15, 0.2) is 73.1 Å². The van der Waals surface area contributed by atoms with E-state index in [2.05, 4.69) is 62.5 Å². The van der Waals surface area contributed by atoms with Crippen molar-refractivity contribution in [1.82, 2.24) is 0 Å². The molecular formula is C41H72NO7P. The molecule has 288 valence electrons. The Bertz CT molecular complexity index is 989. The lowest BCUT2D eigenvalue weighted by Crippen LogP contribution is -2.27. The molecule has 2 unspecified atom stereocenters. The number of allylic oxidation sites excluding steroid dienone is 11. The molecule has 0 aromatic heterocycles. The Balaban J connectivity index is 4.29. The van der Waals surface area contributed by atoms with Gasteiger partial charge in [0.1, 0.15) is 6.61 Å². The number of unbranched alkanes of at least 4 members (excludes halogenated alkanes) is 13. The molecule has 0 aliphatic heterocycles. The van der Waals surface area contributed by atoms with Crippen LogP contribution < -0.4 is 5.73 Å². The predicted molar refractivity (Wildman–Crippen MR) is 210 cm³/mol. The number of carbonyl (C=O) groups is 1. The van der Waals surface area contributed by atoms with Gasteiger partial charge in [0.05, 0.1) is 19.5 Å². The molecule has 9 heteroatoms. The lowest BCUT2D eigenvalue weighted by molar-refractivity contribution is -0.153. The molecule has 0 saturated heterocycles. The fourth-order valence-electron chi connectivity index (χ4n) is 4.83. The molecule has 2 atom stereocenters. The summed E-state index contributed by atoms with van der Waals surface area (Å²) in [6.07, 6.45) is 47.3. The first-order valence-electron chi connectivity index (χ1n) is 19.5. The number of nitrogens with two attached hydrogens (primary N) is 1. The van der Waals surface area contributed by atoms with Crippen LogP contribution in [0.1, 0.15) is 149 Å². The Morgan fingerprint density at radius 1 is 0.620 bits per heavy atom. The second kappa shape index (κ2) is 38.0. The first-order valence-corrected chi connectivity index (χ1v) is 21.0. The molecule has 0 spiro atoms. The number of esters is 1. The topological polar surface area (TPSA) is 117 Å². The minimum atomic E-state index is -4.31. The highest BCUT2D eigenvalue weighted by molar-refractivity contribution is 7.47. The lowest BCUT2D eigenvalue weighted by Gasteiger charge is -2.19. The number of hydrogen-bond donors (Lipinski definition) is 2. The summed E-state index contributed by atoms with van der Waals surface area (Å²) in [6.45, 7) is 4.06. The van der Waals surface area contributed by atoms with Crippen molar-refractivity contribution in [2.75, 3.05) is 26.4 Å². The van der Waals surface area contributed by atoms with Gasteiger partial charge in [-0.05, 0) is 57.4 Å². The van der Waals surface area contributed by atoms with Crippen molar-refractivity contribution in [3.8, 4) is 0 Å². The van der Waals surface area contributed by atoms with E-state index in [1.54, 1.807) is 6.26 Å². The van der Waals surface area contributed by atoms with Crippen molar-refractivity contribution in [2.45, 2.75) is 155 Å². The molecule has 0 fully saturated rings. The molecule has 0 aliphatic rings. The molecule has 0 radical (unpaired) electrons. The number of ether oxygens (including phenoxy) is 2. The van der Waals surface area contributed by atoms with Crippen LogP contribution in [0.2, 0.25) is 0 Å². The third kappa shape index (κ3) is 37.0. The first-order chi connectivity index (χ1) is 24.4. The van der Waals surface area contributed by atoms with Gasteiger partial charge in [0.15, 0.2) is 6.10 Å². The molecule has 0 heterocycles. The second-order valence-corrected chi connectivity index (χ2v) is 14.0. The zero-order chi connectivity index (χ0) is 36.6. The van der Waals surface area contributed by atoms with Crippen molar-refractivity contribution in [3.63, 3.8) is 0 Å². The Morgan fingerprint density at radius 3 is 1.64 bits per heavy atom. The van der Waals surface area contributed by atoms with Gasteiger partial charge >= 0.3 is 13.8 Å². The van der Waals surface area contributed by atoms with Crippen LogP contribution >= 0.6 is 7.82 Å². The molecule has 0 amide bonds. The Morgan fingerprint density at radius 2 is 1.12 bits per heavy atom. The Labute approximate surface area is 305 Å². The molecule has 8 nitrogen and oxygen atoms in total. The fraction of sp³-hybridized carbons (Fsp3) is 0.683. The van der Waals surface area contributed by atoms with Crippen molar-refractivity contribution < 1.29 is 32.8 Å². The van der Waals surface area contributed by atoms with Gasteiger partial charge < -0.3 is 20.1 Å². The van der Waals surface area contributed by atoms with E-state index < -0.39 is 19.9 Å². The highest BCUT2D eigenvalue weighted by Gasteiger charge is 2.25. The molecule has 0 saturated carbocycles. The number of hydrogen-bond acceptors (Lipinski definition) is 7. The highest BCUT2D eigenvalue weighted by Crippen LogP contribution is 2.43. The van der Waals surface area contributed by atoms with E-state index in [0.717, 1.165) is 44.9 Å². The fourth-order valence-corrected chi connectivity index (χ4v) is 5.60. The largest absolute Gasteiger partial charge is 0.498 e. The van der Waals surface area contributed by atoms with E-state index in [0.29, 0.717) is 6.42 Å². The lowest BCUT2D eigenvalue weighted by atomic mass is 10.0. The van der Waals surface area contributed by atoms with Gasteiger partial charge in [-0.1, -0.05) is 152 Å². The van der Waals surface area contributed by atoms with Gasteiger partial charge in [0, 0.05) is 13.0 Å². The SMILES string of the molecule is CCCC=CCC=CCC=CCC=CCC=CCCC(=O)OC(COC=CCCCCCCCCCCCCCC)COP(=O)(O)OCCN. The molecule has 0 rings (SSSR count). The third-order valence-corrected chi connectivity index (χ3v) is 8.67. The molecule has 50 heavy (non-hydrogen) atoms. The minimum Gasteiger partial charge on any atom is -0.498 e. The van der Waals surface area contributed by atoms with E-state index >= 15 is 0 Å². The Kier molecular flexibility index (Phi) is 36.3. The maximum atomic E-state index is 12.5. The smallest absolute Gasteiger partial charge is 0.472 e. The van der Waals surface area contributed by atoms with E-state index in [4.69, 9.17) is 24.3 Å². The maximum absolute atomic E-state index is 12.5. The van der Waals surface area contributed by atoms with Gasteiger partial charge in [-0.15, -0.1) is 0 Å². The van der Waals surface area contributed by atoms with Crippen LogP contribution in [-0.2, 0) is 27.9 Å². The van der Waals surface area contributed by atoms with E-state index in [1.165, 1.54) is 77.0 Å². The van der Waals surface area contributed by atoms with Gasteiger partial charge in [0.25, 0.3) is 0 Å². The van der Waals surface area contributed by atoms with Crippen LogP contribution in [0, 0.1) is 0 Å². The zero-order valence-corrected chi connectivity index (χ0v) is 32.5. The number of carbonyl (C=O) groups excluding carboxylic acids is 1. The molecular weight excluding hydrogens is 649 g/mol. The van der Waals surface area contributed by atoms with Crippen molar-refractivity contribution in [3.05, 3.63) is 73.1 Å². The minimum absolute atomic E-state index is 0.000663. The second-order valence-electron chi connectivity index (χ2n) is 12.5. The summed E-state index contributed by atoms with van der Waals surface area (Å²) in [7, 11) is -4.31. The molecule has 0 aromatic carbocycles. The van der Waals surface area contributed by atoms with Gasteiger partial charge in [-0.2, -0.15) is 0 Å². The monoisotopic (exact) mass is 722 g/mol. The van der Waals surface area contributed by atoms with E-state index in [1.807, 2.05) is 18.2 Å². The molecule has 0 bridgehead atoms. The normalized spacial score (nSPS) is 14.3. The summed E-state index contributed by atoms with van der Waals surface area (Å²) in [5.74, 6) is -0.435. The highest BCUT2D eigenvalue weighted by atomic mass is 31.2. The average molecular weight is 722 g/mol. The van der Waals surface area contributed by atoms with Crippen LogP contribution in [0.5, 0.6) is 0 Å². The maximum Gasteiger partial charge on any atom is 0.472 e. The van der Waals surface area contributed by atoms with Crippen LogP contribution in [0.4, 0.5) is 0 Å². The third-order valence-electron chi connectivity index (χ3n) is 7.69. The summed E-state index contributed by atoms with van der Waals surface area (Å²) in [4.78, 5) is 22.3. The quantitative estimate of drug-likeness (QED) is 0.0216. The summed E-state index contributed by atoms with van der Waals surface area (Å²) >= 11 is 0.